The van der Waals surface area contributed by atoms with Crippen molar-refractivity contribution < 1.29 is 23.7 Å². The molecule has 1 atom stereocenters. The van der Waals surface area contributed by atoms with E-state index in [1.54, 1.807) is 12.1 Å². The van der Waals surface area contributed by atoms with E-state index in [2.05, 4.69) is 10.6 Å². The van der Waals surface area contributed by atoms with Crippen LogP contribution in [0.3, 0.4) is 0 Å². The lowest BCUT2D eigenvalue weighted by molar-refractivity contribution is -0.692. The van der Waals surface area contributed by atoms with E-state index in [0.29, 0.717) is 5.69 Å². The predicted molar refractivity (Wildman–Crippen MR) is 98.8 cm³/mol. The summed E-state index contributed by atoms with van der Waals surface area (Å²) in [6.45, 7) is 4.02. The largest absolute Gasteiger partial charge is 0.342 e. The first-order chi connectivity index (χ1) is 12.8. The van der Waals surface area contributed by atoms with Crippen LogP contribution in [0.5, 0.6) is 0 Å². The van der Waals surface area contributed by atoms with Gasteiger partial charge >= 0.3 is 0 Å². The van der Waals surface area contributed by atoms with E-state index < -0.39 is 11.7 Å². The number of carbonyl (C=O) groups excluding carboxylic acids is 2. The minimum absolute atomic E-state index is 0.00407. The zero-order valence-corrected chi connectivity index (χ0v) is 15.3. The Morgan fingerprint density at radius 3 is 2.04 bits per heavy atom. The lowest BCUT2D eigenvalue weighted by Crippen LogP contribution is -2.88. The number of nitrogens with two attached hydrogens (primary N) is 1. The number of quaternary nitrogens is 1. The van der Waals surface area contributed by atoms with E-state index in [9.17, 15) is 18.4 Å². The molecule has 0 spiro atoms. The quantitative estimate of drug-likeness (QED) is 0.659. The van der Waals surface area contributed by atoms with Crippen LogP contribution in [-0.4, -0.2) is 24.9 Å². The molecule has 7 heteroatoms. The summed E-state index contributed by atoms with van der Waals surface area (Å²) in [4.78, 5) is 23.9. The summed E-state index contributed by atoms with van der Waals surface area (Å²) in [5.74, 6) is -1.13. The van der Waals surface area contributed by atoms with Crippen molar-refractivity contribution in [2.45, 2.75) is 19.9 Å². The van der Waals surface area contributed by atoms with Gasteiger partial charge < -0.3 is 16.0 Å². The number of hydrogen-bond acceptors (Lipinski definition) is 2. The molecule has 2 rings (SSSR count). The molecular formula is C20H24F2N3O2+. The maximum Gasteiger partial charge on any atom is 0.275 e. The smallest absolute Gasteiger partial charge is 0.275 e. The molecule has 0 aliphatic heterocycles. The molecule has 0 aromatic heterocycles. The third-order valence-electron chi connectivity index (χ3n) is 4.10. The predicted octanol–water partition coefficient (Wildman–Crippen LogP) is 1.98. The minimum atomic E-state index is -0.395. The number of anilines is 1. The van der Waals surface area contributed by atoms with Crippen LogP contribution in [0.4, 0.5) is 14.5 Å². The van der Waals surface area contributed by atoms with E-state index in [1.807, 2.05) is 19.2 Å². The van der Waals surface area contributed by atoms with Gasteiger partial charge in [-0.15, -0.1) is 0 Å². The molecule has 27 heavy (non-hydrogen) atoms. The molecule has 0 saturated heterocycles. The summed E-state index contributed by atoms with van der Waals surface area (Å²) in [6.07, 6.45) is 0. The number of rotatable bonds is 8. The third kappa shape index (κ3) is 6.79. The number of amides is 2. The highest BCUT2D eigenvalue weighted by molar-refractivity contribution is 5.94. The SMILES string of the molecule is CC(C)[C@@H]([NH2+]CC(=O)NCC(=O)Nc1ccc(F)cc1)c1ccc(F)cc1. The Balaban J connectivity index is 1.79. The van der Waals surface area contributed by atoms with Crippen LogP contribution in [0, 0.1) is 17.6 Å². The van der Waals surface area contributed by atoms with Gasteiger partial charge in [-0.1, -0.05) is 26.0 Å². The van der Waals surface area contributed by atoms with Crippen molar-refractivity contribution >= 4 is 17.5 Å². The van der Waals surface area contributed by atoms with E-state index in [-0.39, 0.29) is 36.8 Å². The number of halogens is 2. The number of benzene rings is 2. The Bertz CT molecular complexity index is 762. The second-order valence-corrected chi connectivity index (χ2v) is 6.59. The second kappa shape index (κ2) is 9.78. The van der Waals surface area contributed by atoms with Gasteiger partial charge in [-0.2, -0.15) is 0 Å². The Morgan fingerprint density at radius 1 is 0.926 bits per heavy atom. The van der Waals surface area contributed by atoms with Crippen molar-refractivity contribution in [3.63, 3.8) is 0 Å². The van der Waals surface area contributed by atoms with E-state index in [1.165, 1.54) is 36.4 Å². The molecule has 0 aliphatic carbocycles. The third-order valence-corrected chi connectivity index (χ3v) is 4.10. The molecule has 2 aromatic rings. The summed E-state index contributed by atoms with van der Waals surface area (Å²) in [5, 5.41) is 6.99. The van der Waals surface area contributed by atoms with Crippen molar-refractivity contribution in [2.75, 3.05) is 18.4 Å². The molecule has 144 valence electrons. The van der Waals surface area contributed by atoms with Gasteiger partial charge in [0.15, 0.2) is 6.54 Å². The average molecular weight is 376 g/mol. The van der Waals surface area contributed by atoms with Crippen LogP contribution in [-0.2, 0) is 9.59 Å². The fourth-order valence-corrected chi connectivity index (χ4v) is 2.70. The van der Waals surface area contributed by atoms with Gasteiger partial charge in [-0.05, 0) is 36.4 Å². The van der Waals surface area contributed by atoms with Crippen molar-refractivity contribution in [1.29, 1.82) is 0 Å². The molecule has 0 unspecified atom stereocenters. The highest BCUT2D eigenvalue weighted by atomic mass is 19.1. The van der Waals surface area contributed by atoms with E-state index in [4.69, 9.17) is 0 Å². The monoisotopic (exact) mass is 376 g/mol. The van der Waals surface area contributed by atoms with Crippen LogP contribution in [0.25, 0.3) is 0 Å². The normalized spacial score (nSPS) is 11.9. The van der Waals surface area contributed by atoms with Gasteiger partial charge in [0.1, 0.15) is 17.7 Å². The molecule has 0 aliphatic rings. The number of nitrogens with one attached hydrogen (secondary N) is 2. The Morgan fingerprint density at radius 2 is 1.48 bits per heavy atom. The van der Waals surface area contributed by atoms with Crippen molar-refractivity contribution in [2.24, 2.45) is 5.92 Å². The highest BCUT2D eigenvalue weighted by Crippen LogP contribution is 2.17. The van der Waals surface area contributed by atoms with E-state index >= 15 is 0 Å². The van der Waals surface area contributed by atoms with Crippen LogP contribution in [0.1, 0.15) is 25.5 Å². The van der Waals surface area contributed by atoms with E-state index in [0.717, 1.165) is 5.56 Å². The first-order valence-corrected chi connectivity index (χ1v) is 8.76. The van der Waals surface area contributed by atoms with Crippen molar-refractivity contribution in [1.82, 2.24) is 5.32 Å². The molecule has 0 saturated carbocycles. The molecule has 5 nitrogen and oxygen atoms in total. The van der Waals surface area contributed by atoms with Gasteiger partial charge in [0.2, 0.25) is 5.91 Å². The second-order valence-electron chi connectivity index (χ2n) is 6.59. The fourth-order valence-electron chi connectivity index (χ4n) is 2.70. The van der Waals surface area contributed by atoms with Crippen LogP contribution >= 0.6 is 0 Å². The average Bonchev–Trinajstić information content (AvgIpc) is 2.63. The topological polar surface area (TPSA) is 74.8 Å². The Hall–Kier alpha value is -2.80. The van der Waals surface area contributed by atoms with Crippen LogP contribution < -0.4 is 16.0 Å². The maximum absolute atomic E-state index is 13.1. The van der Waals surface area contributed by atoms with Crippen LogP contribution in [0.15, 0.2) is 48.5 Å². The maximum atomic E-state index is 13.1. The van der Waals surface area contributed by atoms with Gasteiger partial charge in [-0.3, -0.25) is 9.59 Å². The minimum Gasteiger partial charge on any atom is -0.342 e. The fraction of sp³-hybridized carbons (Fsp3) is 0.300. The summed E-state index contributed by atoms with van der Waals surface area (Å²) in [5.41, 5.74) is 1.40. The summed E-state index contributed by atoms with van der Waals surface area (Å²) >= 11 is 0. The number of hydrogen-bond donors (Lipinski definition) is 3. The molecule has 0 fully saturated rings. The molecule has 2 amide bonds. The lowest BCUT2D eigenvalue weighted by Gasteiger charge is -2.19. The van der Waals surface area contributed by atoms with Gasteiger partial charge in [0.25, 0.3) is 5.91 Å². The van der Waals surface area contributed by atoms with Gasteiger partial charge in [-0.25, -0.2) is 8.78 Å². The standard InChI is InChI=1S/C20H23F2N3O2/c1-13(2)20(14-3-5-15(21)6-4-14)24-11-18(26)23-12-19(27)25-17-9-7-16(22)8-10-17/h3-10,13,20,24H,11-12H2,1-2H3,(H,23,26)(H,25,27)/p+1/t20-/m1/s1. The van der Waals surface area contributed by atoms with Gasteiger partial charge in [0, 0.05) is 17.2 Å². The first-order valence-electron chi connectivity index (χ1n) is 8.76. The zero-order chi connectivity index (χ0) is 19.8. The lowest BCUT2D eigenvalue weighted by atomic mass is 9.96. The Kier molecular flexibility index (Phi) is 7.43. The molecule has 0 radical (unpaired) electrons. The summed E-state index contributed by atoms with van der Waals surface area (Å²) in [7, 11) is 0. The summed E-state index contributed by atoms with van der Waals surface area (Å²) < 4.78 is 25.9. The van der Waals surface area contributed by atoms with Crippen molar-refractivity contribution in [3.05, 3.63) is 65.7 Å². The number of carbonyl (C=O) groups is 2. The molecule has 0 heterocycles. The first kappa shape index (κ1) is 20.5. The highest BCUT2D eigenvalue weighted by Gasteiger charge is 2.20. The molecular weight excluding hydrogens is 352 g/mol. The Labute approximate surface area is 157 Å². The van der Waals surface area contributed by atoms with Gasteiger partial charge in [0.05, 0.1) is 6.54 Å². The molecule has 4 N–H and O–H groups in total. The molecule has 0 bridgehead atoms. The molecule has 2 aromatic carbocycles. The van der Waals surface area contributed by atoms with Crippen LogP contribution in [0.2, 0.25) is 0 Å². The van der Waals surface area contributed by atoms with Crippen molar-refractivity contribution in [3.8, 4) is 0 Å². The zero-order valence-electron chi connectivity index (χ0n) is 15.3. The summed E-state index contributed by atoms with van der Waals surface area (Å²) in [6, 6.07) is 11.6.